The molecule has 0 radical (unpaired) electrons. The van der Waals surface area contributed by atoms with E-state index in [2.05, 4.69) is 15.0 Å². The maximum atomic E-state index is 12.2. The smallest absolute Gasteiger partial charge is 0.241 e. The Labute approximate surface area is 115 Å². The average molecular weight is 286 g/mol. The number of hydrogen-bond acceptors (Lipinski definition) is 5. The van der Waals surface area contributed by atoms with E-state index in [1.165, 1.54) is 18.3 Å². The van der Waals surface area contributed by atoms with Crippen LogP contribution in [0.15, 0.2) is 23.2 Å². The third kappa shape index (κ3) is 5.14. The maximum absolute atomic E-state index is 12.2. The number of aromatic nitrogens is 1. The molecule has 0 aliphatic carbocycles. The van der Waals surface area contributed by atoms with E-state index in [9.17, 15) is 8.42 Å². The summed E-state index contributed by atoms with van der Waals surface area (Å²) in [5.74, 6) is 0.561. The van der Waals surface area contributed by atoms with E-state index < -0.39 is 10.0 Å². The Hall–Kier alpha value is -1.18. The van der Waals surface area contributed by atoms with Crippen LogP contribution in [0.2, 0.25) is 0 Å². The second-order valence-corrected chi connectivity index (χ2v) is 6.41. The van der Waals surface area contributed by atoms with Crippen LogP contribution in [0.3, 0.4) is 0 Å². The number of hydrogen-bond donors (Lipinski definition) is 2. The molecule has 0 saturated heterocycles. The summed E-state index contributed by atoms with van der Waals surface area (Å²) in [5.41, 5.74) is 0. The topological polar surface area (TPSA) is 74.3 Å². The number of pyridine rings is 1. The van der Waals surface area contributed by atoms with Gasteiger partial charge in [-0.2, -0.15) is 0 Å². The van der Waals surface area contributed by atoms with Crippen molar-refractivity contribution in [1.29, 1.82) is 0 Å². The van der Waals surface area contributed by atoms with Gasteiger partial charge in [0.1, 0.15) is 5.82 Å². The summed E-state index contributed by atoms with van der Waals surface area (Å²) in [6.07, 6.45) is 1.49. The fraction of sp³-hybridized carbons (Fsp3) is 0.583. The van der Waals surface area contributed by atoms with Crippen molar-refractivity contribution >= 4 is 15.8 Å². The lowest BCUT2D eigenvalue weighted by Crippen LogP contribution is -2.39. The van der Waals surface area contributed by atoms with Crippen molar-refractivity contribution in [1.82, 2.24) is 14.6 Å². The predicted molar refractivity (Wildman–Crippen MR) is 76.7 cm³/mol. The first-order valence-electron chi connectivity index (χ1n) is 6.22. The number of nitrogens with zero attached hydrogens (tertiary/aromatic N) is 2. The molecule has 1 heterocycles. The van der Waals surface area contributed by atoms with Crippen LogP contribution in [0.5, 0.6) is 0 Å². The normalized spacial score (nSPS) is 13.5. The largest absolute Gasteiger partial charge is 0.370 e. The van der Waals surface area contributed by atoms with Crippen molar-refractivity contribution in [2.45, 2.75) is 24.8 Å². The molecule has 0 aliphatic heterocycles. The van der Waals surface area contributed by atoms with E-state index in [1.54, 1.807) is 0 Å². The predicted octanol–water partition coefficient (Wildman–Crippen LogP) is 0.742. The molecule has 108 valence electrons. The Balaban J connectivity index is 2.84. The standard InChI is InChI=1S/C12H22N4O2S/c1-5-13-12-8-11(6-7-14-12)19(17,18)15-10(2)9-16(3)4/h6-8,10,15H,5,9H2,1-4H3,(H,13,14). The first kappa shape index (κ1) is 15.9. The van der Waals surface area contributed by atoms with E-state index in [4.69, 9.17) is 0 Å². The summed E-state index contributed by atoms with van der Waals surface area (Å²) in [7, 11) is 0.304. The Kier molecular flexibility index (Phi) is 5.71. The van der Waals surface area contributed by atoms with Crippen LogP contribution in [0.1, 0.15) is 13.8 Å². The van der Waals surface area contributed by atoms with Crippen LogP contribution in [0, 0.1) is 0 Å². The van der Waals surface area contributed by atoms with Crippen LogP contribution in [-0.2, 0) is 10.0 Å². The first-order valence-corrected chi connectivity index (χ1v) is 7.70. The summed E-state index contributed by atoms with van der Waals surface area (Å²) in [4.78, 5) is 6.22. The van der Waals surface area contributed by atoms with Crippen LogP contribution in [0.4, 0.5) is 5.82 Å². The minimum Gasteiger partial charge on any atom is -0.370 e. The van der Waals surface area contributed by atoms with Crippen molar-refractivity contribution in [2.75, 3.05) is 32.5 Å². The summed E-state index contributed by atoms with van der Waals surface area (Å²) < 4.78 is 27.0. The monoisotopic (exact) mass is 286 g/mol. The molecule has 0 aromatic carbocycles. The SMILES string of the molecule is CCNc1cc(S(=O)(=O)NC(C)CN(C)C)ccn1. The molecule has 1 atom stereocenters. The highest BCUT2D eigenvalue weighted by Gasteiger charge is 2.18. The maximum Gasteiger partial charge on any atom is 0.241 e. The number of likely N-dealkylation sites (N-methyl/N-ethyl adjacent to an activating group) is 1. The lowest BCUT2D eigenvalue weighted by molar-refractivity contribution is 0.370. The number of sulfonamides is 1. The molecule has 1 aromatic rings. The molecule has 1 rings (SSSR count). The van der Waals surface area contributed by atoms with Gasteiger partial charge in [0, 0.05) is 31.4 Å². The van der Waals surface area contributed by atoms with Gasteiger partial charge in [-0.1, -0.05) is 0 Å². The third-order valence-electron chi connectivity index (χ3n) is 2.39. The quantitative estimate of drug-likeness (QED) is 0.773. The minimum absolute atomic E-state index is 0.157. The molecule has 19 heavy (non-hydrogen) atoms. The van der Waals surface area contributed by atoms with Crippen molar-refractivity contribution in [2.24, 2.45) is 0 Å². The Morgan fingerprint density at radius 2 is 2.11 bits per heavy atom. The lowest BCUT2D eigenvalue weighted by Gasteiger charge is -2.18. The van der Waals surface area contributed by atoms with E-state index in [-0.39, 0.29) is 10.9 Å². The third-order valence-corrected chi connectivity index (χ3v) is 3.98. The zero-order valence-corrected chi connectivity index (χ0v) is 12.7. The van der Waals surface area contributed by atoms with Crippen molar-refractivity contribution < 1.29 is 8.42 Å². The van der Waals surface area contributed by atoms with E-state index in [0.717, 1.165) is 0 Å². The van der Waals surface area contributed by atoms with Crippen molar-refractivity contribution in [3.8, 4) is 0 Å². The number of anilines is 1. The molecule has 1 unspecified atom stereocenters. The van der Waals surface area contributed by atoms with Gasteiger partial charge in [-0.15, -0.1) is 0 Å². The second-order valence-electron chi connectivity index (χ2n) is 4.69. The molecule has 0 saturated carbocycles. The van der Waals surface area contributed by atoms with Crippen LogP contribution < -0.4 is 10.0 Å². The van der Waals surface area contributed by atoms with Crippen LogP contribution in [0.25, 0.3) is 0 Å². The van der Waals surface area contributed by atoms with Gasteiger partial charge in [0.15, 0.2) is 0 Å². The molecule has 6 nitrogen and oxygen atoms in total. The summed E-state index contributed by atoms with van der Waals surface area (Å²) in [5, 5.41) is 2.99. The molecule has 0 bridgehead atoms. The highest BCUT2D eigenvalue weighted by molar-refractivity contribution is 7.89. The molecule has 2 N–H and O–H groups in total. The highest BCUT2D eigenvalue weighted by atomic mass is 32.2. The molecule has 7 heteroatoms. The number of rotatable bonds is 7. The summed E-state index contributed by atoms with van der Waals surface area (Å²) >= 11 is 0. The van der Waals surface area contributed by atoms with E-state index in [0.29, 0.717) is 18.9 Å². The summed E-state index contributed by atoms with van der Waals surface area (Å²) in [6.45, 7) is 5.11. The molecule has 0 fully saturated rings. The zero-order valence-electron chi connectivity index (χ0n) is 11.8. The van der Waals surface area contributed by atoms with E-state index >= 15 is 0 Å². The zero-order chi connectivity index (χ0) is 14.5. The van der Waals surface area contributed by atoms with Gasteiger partial charge < -0.3 is 10.2 Å². The Bertz CT molecular complexity index is 502. The van der Waals surface area contributed by atoms with Crippen LogP contribution >= 0.6 is 0 Å². The Morgan fingerprint density at radius 1 is 1.42 bits per heavy atom. The Morgan fingerprint density at radius 3 is 2.68 bits per heavy atom. The first-order chi connectivity index (χ1) is 8.85. The second kappa shape index (κ2) is 6.83. The fourth-order valence-corrected chi connectivity index (χ4v) is 3.02. The molecule has 0 spiro atoms. The van der Waals surface area contributed by atoms with E-state index in [1.807, 2.05) is 32.8 Å². The summed E-state index contributed by atoms with van der Waals surface area (Å²) in [6, 6.07) is 2.87. The van der Waals surface area contributed by atoms with Crippen molar-refractivity contribution in [3.63, 3.8) is 0 Å². The van der Waals surface area contributed by atoms with Gasteiger partial charge >= 0.3 is 0 Å². The van der Waals surface area contributed by atoms with Gasteiger partial charge in [-0.3, -0.25) is 0 Å². The minimum atomic E-state index is -3.50. The van der Waals surface area contributed by atoms with Gasteiger partial charge in [-0.05, 0) is 34.0 Å². The molecule has 1 aromatic heterocycles. The van der Waals surface area contributed by atoms with Gasteiger partial charge in [0.25, 0.3) is 0 Å². The molecule has 0 amide bonds. The van der Waals surface area contributed by atoms with Gasteiger partial charge in [-0.25, -0.2) is 18.1 Å². The average Bonchev–Trinajstić information content (AvgIpc) is 2.27. The van der Waals surface area contributed by atoms with Gasteiger partial charge in [0.05, 0.1) is 4.90 Å². The van der Waals surface area contributed by atoms with Gasteiger partial charge in [0.2, 0.25) is 10.0 Å². The number of nitrogens with one attached hydrogen (secondary N) is 2. The molecular formula is C12H22N4O2S. The molecule has 0 aliphatic rings. The van der Waals surface area contributed by atoms with Crippen LogP contribution in [-0.4, -0.2) is 51.5 Å². The fourth-order valence-electron chi connectivity index (χ4n) is 1.77. The lowest BCUT2D eigenvalue weighted by atomic mass is 10.3. The highest BCUT2D eigenvalue weighted by Crippen LogP contribution is 2.13. The molecular weight excluding hydrogens is 264 g/mol. The van der Waals surface area contributed by atoms with Crippen molar-refractivity contribution in [3.05, 3.63) is 18.3 Å².